The van der Waals surface area contributed by atoms with E-state index in [1.807, 2.05) is 6.07 Å². The van der Waals surface area contributed by atoms with E-state index in [0.717, 1.165) is 10.5 Å². The number of carbonyl (C=O) groups is 1. The van der Waals surface area contributed by atoms with Crippen molar-refractivity contribution < 1.29 is 14.6 Å². The van der Waals surface area contributed by atoms with Crippen molar-refractivity contribution in [2.75, 3.05) is 13.7 Å². The number of hydrogen-bond acceptors (Lipinski definition) is 6. The smallest absolute Gasteiger partial charge is 0.306 e. The van der Waals surface area contributed by atoms with Gasteiger partial charge in [0, 0.05) is 23.8 Å². The molecular weight excluding hydrogens is 228 g/mol. The second-order valence-corrected chi connectivity index (χ2v) is 3.97. The predicted octanol–water partition coefficient (Wildman–Crippen LogP) is 0.734. The first-order chi connectivity index (χ1) is 7.76. The number of hydrogen-bond donors (Lipinski definition) is 2. The van der Waals surface area contributed by atoms with Crippen LogP contribution in [0.4, 0.5) is 0 Å². The zero-order chi connectivity index (χ0) is 11.8. The van der Waals surface area contributed by atoms with Gasteiger partial charge in [-0.05, 0) is 23.6 Å². The van der Waals surface area contributed by atoms with Crippen LogP contribution in [0.1, 0.15) is 12.0 Å². The molecule has 1 aromatic rings. The lowest BCUT2D eigenvalue weighted by Gasteiger charge is -2.04. The van der Waals surface area contributed by atoms with Crippen molar-refractivity contribution in [3.8, 4) is 0 Å². The summed E-state index contributed by atoms with van der Waals surface area (Å²) in [6, 6.07) is 1.84. The maximum Gasteiger partial charge on any atom is 0.306 e. The summed E-state index contributed by atoms with van der Waals surface area (Å²) in [6.45, 7) is 0.504. The molecule has 0 amide bonds. The highest BCUT2D eigenvalue weighted by Gasteiger charge is 2.00. The molecule has 2 N–H and O–H groups in total. The quantitative estimate of drug-likeness (QED) is 0.435. The average molecular weight is 242 g/mol. The number of nitrogens with one attached hydrogen (secondary N) is 1. The Hall–Kier alpha value is -1.11. The third-order valence-corrected chi connectivity index (χ3v) is 2.61. The van der Waals surface area contributed by atoms with Crippen LogP contribution in [0.2, 0.25) is 0 Å². The van der Waals surface area contributed by atoms with Gasteiger partial charge in [-0.2, -0.15) is 0 Å². The van der Waals surface area contributed by atoms with Gasteiger partial charge in [0.1, 0.15) is 0 Å². The van der Waals surface area contributed by atoms with Crippen molar-refractivity contribution in [3.63, 3.8) is 0 Å². The molecule has 0 bridgehead atoms. The summed E-state index contributed by atoms with van der Waals surface area (Å²) in [7, 11) is 1.37. The van der Waals surface area contributed by atoms with E-state index in [4.69, 9.17) is 5.11 Å². The molecule has 0 aliphatic heterocycles. The molecule has 1 aromatic heterocycles. The summed E-state index contributed by atoms with van der Waals surface area (Å²) in [4.78, 5) is 15.7. The van der Waals surface area contributed by atoms with E-state index >= 15 is 0 Å². The molecule has 88 valence electrons. The molecule has 6 heteroatoms. The van der Waals surface area contributed by atoms with Crippen molar-refractivity contribution in [2.45, 2.75) is 17.9 Å². The van der Waals surface area contributed by atoms with Crippen LogP contribution in [0, 0.1) is 0 Å². The Morgan fingerprint density at radius 1 is 1.62 bits per heavy atom. The van der Waals surface area contributed by atoms with Crippen molar-refractivity contribution in [1.29, 1.82) is 0 Å². The number of pyridine rings is 1. The van der Waals surface area contributed by atoms with Crippen molar-refractivity contribution in [3.05, 3.63) is 24.0 Å². The highest BCUT2D eigenvalue weighted by atomic mass is 32.2. The summed E-state index contributed by atoms with van der Waals surface area (Å²) in [6.07, 6.45) is 3.63. The summed E-state index contributed by atoms with van der Waals surface area (Å²) in [5.41, 5.74) is 0.764. The molecule has 0 spiro atoms. The Labute approximate surface area is 98.4 Å². The van der Waals surface area contributed by atoms with Gasteiger partial charge in [-0.15, -0.1) is 0 Å². The van der Waals surface area contributed by atoms with Gasteiger partial charge in [0.2, 0.25) is 0 Å². The minimum Gasteiger partial charge on any atom is -0.469 e. The minimum atomic E-state index is -0.240. The molecule has 0 aliphatic rings. The molecule has 0 saturated heterocycles. The predicted molar refractivity (Wildman–Crippen MR) is 60.7 cm³/mol. The number of carbonyl (C=O) groups excluding carboxylic acids is 1. The number of aliphatic hydroxyl groups is 1. The van der Waals surface area contributed by atoms with Crippen LogP contribution >= 0.6 is 11.9 Å². The van der Waals surface area contributed by atoms with Gasteiger partial charge in [0.15, 0.2) is 0 Å². The van der Waals surface area contributed by atoms with Crippen LogP contribution in [-0.2, 0) is 16.1 Å². The molecule has 1 rings (SSSR count). The van der Waals surface area contributed by atoms with Crippen LogP contribution in [0.3, 0.4) is 0 Å². The topological polar surface area (TPSA) is 71.5 Å². The lowest BCUT2D eigenvalue weighted by molar-refractivity contribution is -0.140. The van der Waals surface area contributed by atoms with Gasteiger partial charge in [-0.3, -0.25) is 14.5 Å². The molecule has 0 fully saturated rings. The van der Waals surface area contributed by atoms with E-state index in [0.29, 0.717) is 13.0 Å². The number of methoxy groups -OCH3 is 1. The van der Waals surface area contributed by atoms with Crippen molar-refractivity contribution in [1.82, 2.24) is 9.71 Å². The molecule has 0 aliphatic carbocycles. The zero-order valence-corrected chi connectivity index (χ0v) is 9.79. The van der Waals surface area contributed by atoms with Gasteiger partial charge < -0.3 is 9.84 Å². The number of nitrogens with zero attached hydrogens (tertiary/aromatic N) is 1. The molecule has 1 heterocycles. The largest absolute Gasteiger partial charge is 0.469 e. The van der Waals surface area contributed by atoms with Crippen LogP contribution < -0.4 is 4.72 Å². The van der Waals surface area contributed by atoms with Crippen molar-refractivity contribution >= 4 is 17.9 Å². The Morgan fingerprint density at radius 2 is 2.44 bits per heavy atom. The SMILES string of the molecule is COC(=O)CCNSc1cncc(CO)c1. The first kappa shape index (κ1) is 13.0. The van der Waals surface area contributed by atoms with E-state index in [1.54, 1.807) is 12.4 Å². The third kappa shape index (κ3) is 4.61. The molecule has 5 nitrogen and oxygen atoms in total. The average Bonchev–Trinajstić information content (AvgIpc) is 2.34. The number of esters is 1. The molecular formula is C10H14N2O3S. The van der Waals surface area contributed by atoms with E-state index in [2.05, 4.69) is 14.4 Å². The summed E-state index contributed by atoms with van der Waals surface area (Å²) in [5, 5.41) is 8.91. The zero-order valence-electron chi connectivity index (χ0n) is 8.97. The number of aliphatic hydroxyl groups excluding tert-OH is 1. The third-order valence-electron chi connectivity index (χ3n) is 1.80. The minimum absolute atomic E-state index is 0.0242. The Morgan fingerprint density at radius 3 is 3.12 bits per heavy atom. The van der Waals surface area contributed by atoms with E-state index < -0.39 is 0 Å². The molecule has 0 atom stereocenters. The van der Waals surface area contributed by atoms with Gasteiger partial charge in [-0.25, -0.2) is 0 Å². The first-order valence-electron chi connectivity index (χ1n) is 4.77. The maximum absolute atomic E-state index is 10.8. The second-order valence-electron chi connectivity index (χ2n) is 3.01. The van der Waals surface area contributed by atoms with Crippen LogP contribution in [0.15, 0.2) is 23.4 Å². The summed E-state index contributed by atoms with van der Waals surface area (Å²) >= 11 is 1.37. The fourth-order valence-corrected chi connectivity index (χ4v) is 1.69. The monoisotopic (exact) mass is 242 g/mol. The summed E-state index contributed by atoms with van der Waals surface area (Å²) < 4.78 is 7.52. The standard InChI is InChI=1S/C10H14N2O3S/c1-15-10(14)2-3-12-16-9-4-8(7-13)5-11-6-9/h4-6,12-13H,2-3,7H2,1H3. The summed E-state index contributed by atoms with van der Waals surface area (Å²) in [5.74, 6) is -0.240. The second kappa shape index (κ2) is 7.21. The van der Waals surface area contributed by atoms with Gasteiger partial charge >= 0.3 is 5.97 Å². The number of ether oxygens (including phenoxy) is 1. The van der Waals surface area contributed by atoms with E-state index in [1.165, 1.54) is 19.1 Å². The molecule has 0 unspecified atom stereocenters. The van der Waals surface area contributed by atoms with Crippen LogP contribution in [0.5, 0.6) is 0 Å². The molecule has 0 radical (unpaired) electrons. The molecule has 0 saturated carbocycles. The Balaban J connectivity index is 2.28. The van der Waals surface area contributed by atoms with Crippen LogP contribution in [-0.4, -0.2) is 29.7 Å². The maximum atomic E-state index is 10.8. The molecule has 0 aromatic carbocycles. The first-order valence-corrected chi connectivity index (χ1v) is 5.59. The van der Waals surface area contributed by atoms with E-state index in [-0.39, 0.29) is 12.6 Å². The number of aromatic nitrogens is 1. The molecule has 16 heavy (non-hydrogen) atoms. The fraction of sp³-hybridized carbons (Fsp3) is 0.400. The highest BCUT2D eigenvalue weighted by molar-refractivity contribution is 7.97. The van der Waals surface area contributed by atoms with Gasteiger partial charge in [-0.1, -0.05) is 0 Å². The number of rotatable bonds is 6. The highest BCUT2D eigenvalue weighted by Crippen LogP contribution is 2.14. The lowest BCUT2D eigenvalue weighted by Crippen LogP contribution is -2.12. The van der Waals surface area contributed by atoms with Gasteiger partial charge in [0.25, 0.3) is 0 Å². The normalized spacial score (nSPS) is 10.1. The van der Waals surface area contributed by atoms with Crippen molar-refractivity contribution in [2.24, 2.45) is 0 Å². The Bertz CT molecular complexity index is 347. The van der Waals surface area contributed by atoms with E-state index in [9.17, 15) is 4.79 Å². The fourth-order valence-electron chi connectivity index (χ4n) is 0.996. The van der Waals surface area contributed by atoms with Crippen LogP contribution in [0.25, 0.3) is 0 Å². The lowest BCUT2D eigenvalue weighted by atomic mass is 10.3. The Kier molecular flexibility index (Phi) is 5.84. The van der Waals surface area contributed by atoms with Gasteiger partial charge in [0.05, 0.1) is 20.1 Å².